The van der Waals surface area contributed by atoms with Gasteiger partial charge in [0.2, 0.25) is 0 Å². The Morgan fingerprint density at radius 3 is 2.90 bits per heavy atom. The Morgan fingerprint density at radius 1 is 1.50 bits per heavy atom. The van der Waals surface area contributed by atoms with Gasteiger partial charge in [0.25, 0.3) is 0 Å². The SMILES string of the molecule is CN1CCCCC1CCO. The summed E-state index contributed by atoms with van der Waals surface area (Å²) in [6.45, 7) is 1.56. The van der Waals surface area contributed by atoms with Crippen molar-refractivity contribution in [3.63, 3.8) is 0 Å². The molecule has 1 saturated heterocycles. The van der Waals surface area contributed by atoms with Gasteiger partial charge in [0.15, 0.2) is 0 Å². The predicted molar refractivity (Wildman–Crippen MR) is 42.0 cm³/mol. The summed E-state index contributed by atoms with van der Waals surface area (Å²) >= 11 is 0. The third-order valence-electron chi connectivity index (χ3n) is 2.38. The topological polar surface area (TPSA) is 23.5 Å². The largest absolute Gasteiger partial charge is 0.396 e. The lowest BCUT2D eigenvalue weighted by molar-refractivity contribution is 0.147. The number of likely N-dealkylation sites (tertiary alicyclic amines) is 1. The summed E-state index contributed by atoms with van der Waals surface area (Å²) in [7, 11) is 2.15. The molecule has 0 aliphatic carbocycles. The predicted octanol–water partition coefficient (Wildman–Crippen LogP) is 0.853. The van der Waals surface area contributed by atoms with E-state index < -0.39 is 0 Å². The summed E-state index contributed by atoms with van der Waals surface area (Å²) in [4.78, 5) is 2.36. The number of aliphatic hydroxyl groups excluding tert-OH is 1. The summed E-state index contributed by atoms with van der Waals surface area (Å²) in [6, 6.07) is 0.652. The van der Waals surface area contributed by atoms with Crippen LogP contribution in [-0.4, -0.2) is 36.2 Å². The van der Waals surface area contributed by atoms with Gasteiger partial charge in [-0.1, -0.05) is 6.42 Å². The van der Waals surface area contributed by atoms with Crippen molar-refractivity contribution in [3.05, 3.63) is 0 Å². The van der Waals surface area contributed by atoms with Gasteiger partial charge in [-0.3, -0.25) is 0 Å². The summed E-state index contributed by atoms with van der Waals surface area (Å²) in [6.07, 6.45) is 4.90. The molecule has 60 valence electrons. The minimum atomic E-state index is 0.342. The summed E-state index contributed by atoms with van der Waals surface area (Å²) in [5.41, 5.74) is 0. The Balaban J connectivity index is 2.25. The standard InChI is InChI=1S/C8H17NO/c1-9-6-3-2-4-8(9)5-7-10/h8,10H,2-7H2,1H3. The first-order valence-corrected chi connectivity index (χ1v) is 4.15. The lowest BCUT2D eigenvalue weighted by atomic mass is 10.0. The second kappa shape index (κ2) is 3.94. The van der Waals surface area contributed by atoms with E-state index in [0.29, 0.717) is 12.6 Å². The van der Waals surface area contributed by atoms with Crippen LogP contribution in [0, 0.1) is 0 Å². The number of hydrogen-bond acceptors (Lipinski definition) is 2. The zero-order valence-corrected chi connectivity index (χ0v) is 6.71. The maximum Gasteiger partial charge on any atom is 0.0445 e. The monoisotopic (exact) mass is 143 g/mol. The Labute approximate surface area is 62.8 Å². The van der Waals surface area contributed by atoms with Crippen molar-refractivity contribution in [2.24, 2.45) is 0 Å². The van der Waals surface area contributed by atoms with Crippen LogP contribution in [0.3, 0.4) is 0 Å². The van der Waals surface area contributed by atoms with E-state index in [2.05, 4.69) is 11.9 Å². The average Bonchev–Trinajstić information content (AvgIpc) is 1.94. The van der Waals surface area contributed by atoms with Crippen LogP contribution in [0.5, 0.6) is 0 Å². The van der Waals surface area contributed by atoms with Crippen LogP contribution in [0.1, 0.15) is 25.7 Å². The lowest BCUT2D eigenvalue weighted by Crippen LogP contribution is -2.36. The van der Waals surface area contributed by atoms with Gasteiger partial charge in [-0.25, -0.2) is 0 Å². The van der Waals surface area contributed by atoms with Crippen LogP contribution in [0.2, 0.25) is 0 Å². The van der Waals surface area contributed by atoms with Gasteiger partial charge in [0.1, 0.15) is 0 Å². The van der Waals surface area contributed by atoms with Crippen molar-refractivity contribution in [2.45, 2.75) is 31.7 Å². The van der Waals surface area contributed by atoms with Crippen LogP contribution in [0.4, 0.5) is 0 Å². The fourth-order valence-electron chi connectivity index (χ4n) is 1.66. The van der Waals surface area contributed by atoms with Gasteiger partial charge in [-0.2, -0.15) is 0 Å². The zero-order chi connectivity index (χ0) is 7.40. The van der Waals surface area contributed by atoms with Gasteiger partial charge in [-0.15, -0.1) is 0 Å². The molecule has 1 rings (SSSR count). The fourth-order valence-corrected chi connectivity index (χ4v) is 1.66. The van der Waals surface area contributed by atoms with Crippen LogP contribution < -0.4 is 0 Å². The number of piperidine rings is 1. The normalized spacial score (nSPS) is 28.8. The van der Waals surface area contributed by atoms with Gasteiger partial charge in [-0.05, 0) is 32.9 Å². The van der Waals surface area contributed by atoms with Crippen LogP contribution in [0.25, 0.3) is 0 Å². The van der Waals surface area contributed by atoms with Gasteiger partial charge in [0, 0.05) is 12.6 Å². The molecule has 1 atom stereocenters. The molecule has 0 bridgehead atoms. The maximum absolute atomic E-state index is 8.71. The first-order valence-electron chi connectivity index (χ1n) is 4.15. The molecular weight excluding hydrogens is 126 g/mol. The smallest absolute Gasteiger partial charge is 0.0445 e. The fraction of sp³-hybridized carbons (Fsp3) is 1.00. The van der Waals surface area contributed by atoms with Crippen molar-refractivity contribution in [2.75, 3.05) is 20.2 Å². The Morgan fingerprint density at radius 2 is 2.30 bits per heavy atom. The highest BCUT2D eigenvalue weighted by molar-refractivity contribution is 4.73. The van der Waals surface area contributed by atoms with Crippen molar-refractivity contribution in [3.8, 4) is 0 Å². The maximum atomic E-state index is 8.71. The molecule has 2 nitrogen and oxygen atoms in total. The third-order valence-corrected chi connectivity index (χ3v) is 2.38. The highest BCUT2D eigenvalue weighted by Crippen LogP contribution is 2.16. The third kappa shape index (κ3) is 1.96. The minimum absolute atomic E-state index is 0.342. The number of rotatable bonds is 2. The minimum Gasteiger partial charge on any atom is -0.396 e. The Bertz CT molecular complexity index is 93.3. The van der Waals surface area contributed by atoms with E-state index in [-0.39, 0.29) is 0 Å². The molecular formula is C8H17NO. The van der Waals surface area contributed by atoms with E-state index in [1.165, 1.54) is 25.8 Å². The quantitative estimate of drug-likeness (QED) is 0.619. The average molecular weight is 143 g/mol. The molecule has 1 heterocycles. The Hall–Kier alpha value is -0.0800. The molecule has 2 heteroatoms. The molecule has 1 N–H and O–H groups in total. The van der Waals surface area contributed by atoms with E-state index >= 15 is 0 Å². The first-order chi connectivity index (χ1) is 4.84. The molecule has 0 aromatic heterocycles. The highest BCUT2D eigenvalue weighted by Gasteiger charge is 2.17. The molecule has 1 fully saturated rings. The number of aliphatic hydroxyl groups is 1. The molecule has 0 spiro atoms. The van der Waals surface area contributed by atoms with Crippen LogP contribution in [-0.2, 0) is 0 Å². The summed E-state index contributed by atoms with van der Waals surface area (Å²) in [5.74, 6) is 0. The Kier molecular flexibility index (Phi) is 3.16. The number of hydrogen-bond donors (Lipinski definition) is 1. The molecule has 10 heavy (non-hydrogen) atoms. The van der Waals surface area contributed by atoms with Crippen molar-refractivity contribution in [1.29, 1.82) is 0 Å². The van der Waals surface area contributed by atoms with E-state index in [9.17, 15) is 0 Å². The van der Waals surface area contributed by atoms with E-state index in [4.69, 9.17) is 5.11 Å². The molecule has 1 aliphatic heterocycles. The van der Waals surface area contributed by atoms with E-state index in [0.717, 1.165) is 6.42 Å². The summed E-state index contributed by atoms with van der Waals surface area (Å²) < 4.78 is 0. The molecule has 0 amide bonds. The van der Waals surface area contributed by atoms with Gasteiger partial charge < -0.3 is 10.0 Å². The van der Waals surface area contributed by atoms with E-state index in [1.807, 2.05) is 0 Å². The molecule has 0 aromatic rings. The molecule has 0 radical (unpaired) electrons. The molecule has 0 aromatic carbocycles. The van der Waals surface area contributed by atoms with Gasteiger partial charge >= 0.3 is 0 Å². The van der Waals surface area contributed by atoms with Crippen LogP contribution in [0.15, 0.2) is 0 Å². The van der Waals surface area contributed by atoms with Gasteiger partial charge in [0.05, 0.1) is 0 Å². The highest BCUT2D eigenvalue weighted by atomic mass is 16.3. The van der Waals surface area contributed by atoms with Crippen molar-refractivity contribution >= 4 is 0 Å². The molecule has 0 saturated carbocycles. The zero-order valence-electron chi connectivity index (χ0n) is 6.71. The van der Waals surface area contributed by atoms with Crippen molar-refractivity contribution in [1.82, 2.24) is 4.90 Å². The lowest BCUT2D eigenvalue weighted by Gasteiger charge is -2.31. The number of nitrogens with zero attached hydrogens (tertiary/aromatic N) is 1. The molecule has 1 unspecified atom stereocenters. The second-order valence-electron chi connectivity index (χ2n) is 3.14. The van der Waals surface area contributed by atoms with Crippen molar-refractivity contribution < 1.29 is 5.11 Å². The molecule has 1 aliphatic rings. The second-order valence-corrected chi connectivity index (χ2v) is 3.14. The first kappa shape index (κ1) is 8.02. The summed E-state index contributed by atoms with van der Waals surface area (Å²) in [5, 5.41) is 8.71. The van der Waals surface area contributed by atoms with E-state index in [1.54, 1.807) is 0 Å². The van der Waals surface area contributed by atoms with Crippen LogP contribution >= 0.6 is 0 Å².